The number of carbonyl (C=O) groups excluding carboxylic acids is 1. The Kier molecular flexibility index (Phi) is 2.36. The van der Waals surface area contributed by atoms with E-state index in [-0.39, 0.29) is 5.91 Å². The molecule has 0 bridgehead atoms. The number of anilines is 1. The number of hydrogen-bond donors (Lipinski definition) is 2. The second-order valence-electron chi connectivity index (χ2n) is 4.15. The lowest BCUT2D eigenvalue weighted by atomic mass is 10.3. The van der Waals surface area contributed by atoms with Crippen LogP contribution in [0.5, 0.6) is 0 Å². The highest BCUT2D eigenvalue weighted by atomic mass is 16.1. The molecule has 2 aromatic rings. The first-order chi connectivity index (χ1) is 8.33. The summed E-state index contributed by atoms with van der Waals surface area (Å²) in [6.07, 6.45) is 4.00. The molecule has 0 unspecified atom stereocenters. The first-order valence-electron chi connectivity index (χ1n) is 5.60. The summed E-state index contributed by atoms with van der Waals surface area (Å²) in [5.41, 5.74) is 1.49. The third-order valence-corrected chi connectivity index (χ3v) is 2.75. The van der Waals surface area contributed by atoms with Crippen molar-refractivity contribution in [3.63, 3.8) is 0 Å². The van der Waals surface area contributed by atoms with E-state index < -0.39 is 0 Å². The molecule has 1 saturated carbocycles. The number of carbonyl (C=O) groups is 1. The lowest BCUT2D eigenvalue weighted by molar-refractivity contribution is 0.102. The Morgan fingerprint density at radius 2 is 2.29 bits per heavy atom. The first kappa shape index (κ1) is 10.0. The molecule has 0 aromatic carbocycles. The zero-order valence-electron chi connectivity index (χ0n) is 9.18. The Morgan fingerprint density at radius 1 is 1.41 bits per heavy atom. The smallest absolute Gasteiger partial charge is 0.275 e. The van der Waals surface area contributed by atoms with E-state index >= 15 is 0 Å². The molecule has 2 aromatic heterocycles. The lowest BCUT2D eigenvalue weighted by Crippen LogP contribution is -2.13. The van der Waals surface area contributed by atoms with E-state index in [4.69, 9.17) is 0 Å². The van der Waals surface area contributed by atoms with Gasteiger partial charge in [-0.25, -0.2) is 0 Å². The highest BCUT2D eigenvalue weighted by Gasteiger charge is 2.25. The molecule has 17 heavy (non-hydrogen) atoms. The van der Waals surface area contributed by atoms with E-state index in [2.05, 4.69) is 20.5 Å². The number of amides is 1. The van der Waals surface area contributed by atoms with Crippen molar-refractivity contribution in [2.24, 2.45) is 0 Å². The number of aromatic nitrogens is 3. The maximum atomic E-state index is 11.8. The van der Waals surface area contributed by atoms with Crippen LogP contribution in [0.15, 0.2) is 30.5 Å². The predicted molar refractivity (Wildman–Crippen MR) is 62.8 cm³/mol. The number of hydrogen-bond acceptors (Lipinski definition) is 3. The van der Waals surface area contributed by atoms with Crippen LogP contribution in [0.1, 0.15) is 34.9 Å². The molecule has 5 heteroatoms. The molecule has 86 valence electrons. The molecule has 2 heterocycles. The molecular weight excluding hydrogens is 216 g/mol. The zero-order chi connectivity index (χ0) is 11.7. The van der Waals surface area contributed by atoms with Gasteiger partial charge >= 0.3 is 0 Å². The van der Waals surface area contributed by atoms with Crippen molar-refractivity contribution in [2.75, 3.05) is 5.32 Å². The van der Waals surface area contributed by atoms with Crippen molar-refractivity contribution in [3.05, 3.63) is 41.9 Å². The van der Waals surface area contributed by atoms with Gasteiger partial charge in [0, 0.05) is 23.9 Å². The van der Waals surface area contributed by atoms with Crippen LogP contribution in [0.3, 0.4) is 0 Å². The number of pyridine rings is 1. The van der Waals surface area contributed by atoms with Gasteiger partial charge in [0.25, 0.3) is 5.91 Å². The first-order valence-corrected chi connectivity index (χ1v) is 5.60. The van der Waals surface area contributed by atoms with Crippen LogP contribution in [0.25, 0.3) is 0 Å². The maximum absolute atomic E-state index is 11.8. The minimum atomic E-state index is -0.237. The van der Waals surface area contributed by atoms with Crippen LogP contribution in [0, 0.1) is 0 Å². The standard InChI is InChI=1S/C12H12N4O/c17-12(9-3-1-2-6-13-9)14-11-7-10(15-16-11)8-4-5-8/h1-3,6-8H,4-5H2,(H2,14,15,16,17). The van der Waals surface area contributed by atoms with Gasteiger partial charge in [-0.05, 0) is 25.0 Å². The molecule has 2 N–H and O–H groups in total. The zero-order valence-corrected chi connectivity index (χ0v) is 9.18. The fourth-order valence-electron chi connectivity index (χ4n) is 1.68. The van der Waals surface area contributed by atoms with Crippen molar-refractivity contribution >= 4 is 11.7 Å². The Hall–Kier alpha value is -2.17. The molecule has 3 rings (SSSR count). The van der Waals surface area contributed by atoms with Gasteiger partial charge in [0.2, 0.25) is 0 Å². The normalized spacial score (nSPS) is 14.6. The highest BCUT2D eigenvalue weighted by Crippen LogP contribution is 2.39. The molecule has 1 fully saturated rings. The quantitative estimate of drug-likeness (QED) is 0.843. The molecule has 0 saturated heterocycles. The SMILES string of the molecule is O=C(Nc1cc(C2CC2)[nH]n1)c1ccccn1. The highest BCUT2D eigenvalue weighted by molar-refractivity contribution is 6.02. The molecule has 0 aliphatic heterocycles. The molecule has 0 atom stereocenters. The summed E-state index contributed by atoms with van der Waals surface area (Å²) in [5.74, 6) is 0.921. The Labute approximate surface area is 98.3 Å². The third-order valence-electron chi connectivity index (χ3n) is 2.75. The summed E-state index contributed by atoms with van der Waals surface area (Å²) in [4.78, 5) is 15.8. The average molecular weight is 228 g/mol. The van der Waals surface area contributed by atoms with Gasteiger partial charge in [-0.15, -0.1) is 0 Å². The van der Waals surface area contributed by atoms with E-state index in [9.17, 15) is 4.79 Å². The number of nitrogens with one attached hydrogen (secondary N) is 2. The van der Waals surface area contributed by atoms with Crippen molar-refractivity contribution in [1.29, 1.82) is 0 Å². The van der Waals surface area contributed by atoms with Gasteiger partial charge in [-0.1, -0.05) is 6.07 Å². The Balaban J connectivity index is 1.71. The fourth-order valence-corrected chi connectivity index (χ4v) is 1.68. The van der Waals surface area contributed by atoms with E-state index in [0.717, 1.165) is 5.69 Å². The fraction of sp³-hybridized carbons (Fsp3) is 0.250. The molecule has 1 amide bonds. The molecule has 1 aliphatic rings. The maximum Gasteiger partial charge on any atom is 0.275 e. The number of nitrogens with zero attached hydrogens (tertiary/aromatic N) is 2. The van der Waals surface area contributed by atoms with Crippen molar-refractivity contribution in [1.82, 2.24) is 15.2 Å². The number of aromatic amines is 1. The van der Waals surface area contributed by atoms with Crippen LogP contribution in [0.2, 0.25) is 0 Å². The summed E-state index contributed by atoms with van der Waals surface area (Å²) in [5, 5.41) is 9.72. The van der Waals surface area contributed by atoms with E-state index in [1.807, 2.05) is 6.07 Å². The summed E-state index contributed by atoms with van der Waals surface area (Å²) >= 11 is 0. The second-order valence-corrected chi connectivity index (χ2v) is 4.15. The second kappa shape index (κ2) is 4.01. The van der Waals surface area contributed by atoms with Gasteiger partial charge in [-0.2, -0.15) is 5.10 Å². The minimum Gasteiger partial charge on any atom is -0.304 e. The van der Waals surface area contributed by atoms with Crippen molar-refractivity contribution in [3.8, 4) is 0 Å². The van der Waals surface area contributed by atoms with Crippen LogP contribution < -0.4 is 5.32 Å². The van der Waals surface area contributed by atoms with Gasteiger partial charge < -0.3 is 5.32 Å². The lowest BCUT2D eigenvalue weighted by Gasteiger charge is -1.99. The summed E-state index contributed by atoms with van der Waals surface area (Å²) in [6.45, 7) is 0. The minimum absolute atomic E-state index is 0.237. The third kappa shape index (κ3) is 2.18. The Morgan fingerprint density at radius 3 is 3.00 bits per heavy atom. The Bertz CT molecular complexity index is 530. The summed E-state index contributed by atoms with van der Waals surface area (Å²) < 4.78 is 0. The van der Waals surface area contributed by atoms with Gasteiger partial charge in [-0.3, -0.25) is 14.9 Å². The number of rotatable bonds is 3. The summed E-state index contributed by atoms with van der Waals surface area (Å²) in [7, 11) is 0. The topological polar surface area (TPSA) is 70.7 Å². The van der Waals surface area contributed by atoms with Crippen LogP contribution >= 0.6 is 0 Å². The number of H-pyrrole nitrogens is 1. The van der Waals surface area contributed by atoms with Gasteiger partial charge in [0.1, 0.15) is 5.69 Å². The molecule has 1 aliphatic carbocycles. The van der Waals surface area contributed by atoms with Gasteiger partial charge in [0.05, 0.1) is 0 Å². The molecule has 0 radical (unpaired) electrons. The predicted octanol–water partition coefficient (Wildman–Crippen LogP) is 1.93. The summed E-state index contributed by atoms with van der Waals surface area (Å²) in [6, 6.07) is 7.11. The van der Waals surface area contributed by atoms with Crippen LogP contribution in [-0.4, -0.2) is 21.1 Å². The van der Waals surface area contributed by atoms with E-state index in [0.29, 0.717) is 17.4 Å². The van der Waals surface area contributed by atoms with Crippen molar-refractivity contribution in [2.45, 2.75) is 18.8 Å². The monoisotopic (exact) mass is 228 g/mol. The van der Waals surface area contributed by atoms with E-state index in [1.54, 1.807) is 24.4 Å². The van der Waals surface area contributed by atoms with Crippen LogP contribution in [0.4, 0.5) is 5.82 Å². The molecule has 0 spiro atoms. The molecular formula is C12H12N4O. The largest absolute Gasteiger partial charge is 0.304 e. The van der Waals surface area contributed by atoms with Crippen LogP contribution in [-0.2, 0) is 0 Å². The molecule has 5 nitrogen and oxygen atoms in total. The van der Waals surface area contributed by atoms with Gasteiger partial charge in [0.15, 0.2) is 5.82 Å². The van der Waals surface area contributed by atoms with Crippen molar-refractivity contribution < 1.29 is 4.79 Å². The average Bonchev–Trinajstić information content (AvgIpc) is 3.12. The van der Waals surface area contributed by atoms with E-state index in [1.165, 1.54) is 12.8 Å².